The summed E-state index contributed by atoms with van der Waals surface area (Å²) < 4.78 is 4.95. The first kappa shape index (κ1) is 16.1. The molecule has 1 aromatic rings. The van der Waals surface area contributed by atoms with Gasteiger partial charge < -0.3 is 14.8 Å². The molecule has 1 aromatic heterocycles. The number of unbranched alkanes of at least 4 members (excludes halogenated alkanes) is 3. The Kier molecular flexibility index (Phi) is 7.32. The third kappa shape index (κ3) is 6.87. The molecule has 20 heavy (non-hydrogen) atoms. The highest BCUT2D eigenvalue weighted by molar-refractivity contribution is 5.90. The fraction of sp³-hybridized carbons (Fsp3) is 0.533. The van der Waals surface area contributed by atoms with Crippen LogP contribution in [0.3, 0.4) is 0 Å². The Bertz CT molecular complexity index is 429. The van der Waals surface area contributed by atoms with Gasteiger partial charge in [-0.25, -0.2) is 4.98 Å². The quantitative estimate of drug-likeness (QED) is 0.705. The standard InChI is InChI=1S/C15H22N2O3/c1-12(18)7-5-3-4-6-8-14(19)17-13-9-10-15(20-2)16-11-13/h9-11H,3-8H2,1-2H3,(H,17,19). The number of amides is 1. The summed E-state index contributed by atoms with van der Waals surface area (Å²) in [7, 11) is 1.55. The molecule has 5 heteroatoms. The summed E-state index contributed by atoms with van der Waals surface area (Å²) in [6, 6.07) is 3.47. The van der Waals surface area contributed by atoms with Crippen LogP contribution >= 0.6 is 0 Å². The van der Waals surface area contributed by atoms with Gasteiger partial charge in [0.1, 0.15) is 5.78 Å². The van der Waals surface area contributed by atoms with Crippen LogP contribution in [0.4, 0.5) is 5.69 Å². The van der Waals surface area contributed by atoms with Crippen molar-refractivity contribution in [2.75, 3.05) is 12.4 Å². The zero-order valence-electron chi connectivity index (χ0n) is 12.1. The summed E-state index contributed by atoms with van der Waals surface area (Å²) in [4.78, 5) is 26.5. The molecule has 1 amide bonds. The van der Waals surface area contributed by atoms with Crippen LogP contribution in [0, 0.1) is 0 Å². The Hall–Kier alpha value is -1.91. The first-order valence-electron chi connectivity index (χ1n) is 6.91. The summed E-state index contributed by atoms with van der Waals surface area (Å²) in [5.41, 5.74) is 0.673. The number of hydrogen-bond donors (Lipinski definition) is 1. The Labute approximate surface area is 119 Å². The minimum absolute atomic E-state index is 0.0106. The van der Waals surface area contributed by atoms with Gasteiger partial charge in [0.2, 0.25) is 11.8 Å². The Morgan fingerprint density at radius 2 is 1.85 bits per heavy atom. The van der Waals surface area contributed by atoms with Crippen LogP contribution in [0.15, 0.2) is 18.3 Å². The van der Waals surface area contributed by atoms with Crippen molar-refractivity contribution in [2.24, 2.45) is 0 Å². The van der Waals surface area contributed by atoms with Crippen molar-refractivity contribution in [1.82, 2.24) is 4.98 Å². The number of methoxy groups -OCH3 is 1. The number of nitrogens with one attached hydrogen (secondary N) is 1. The van der Waals surface area contributed by atoms with Crippen molar-refractivity contribution in [2.45, 2.75) is 45.4 Å². The van der Waals surface area contributed by atoms with E-state index in [1.54, 1.807) is 32.4 Å². The van der Waals surface area contributed by atoms with E-state index < -0.39 is 0 Å². The molecule has 0 bridgehead atoms. The molecule has 0 aliphatic heterocycles. The summed E-state index contributed by atoms with van der Waals surface area (Å²) >= 11 is 0. The van der Waals surface area contributed by atoms with Crippen molar-refractivity contribution in [3.05, 3.63) is 18.3 Å². The van der Waals surface area contributed by atoms with Crippen LogP contribution in [0.25, 0.3) is 0 Å². The molecule has 0 spiro atoms. The van der Waals surface area contributed by atoms with Crippen LogP contribution in [0.2, 0.25) is 0 Å². The van der Waals surface area contributed by atoms with E-state index in [2.05, 4.69) is 10.3 Å². The van der Waals surface area contributed by atoms with Gasteiger partial charge >= 0.3 is 0 Å². The molecular formula is C15H22N2O3. The predicted molar refractivity (Wildman–Crippen MR) is 77.8 cm³/mol. The van der Waals surface area contributed by atoms with Crippen molar-refractivity contribution >= 4 is 17.4 Å². The number of hydrogen-bond acceptors (Lipinski definition) is 4. The highest BCUT2D eigenvalue weighted by Gasteiger charge is 2.03. The van der Waals surface area contributed by atoms with Crippen molar-refractivity contribution in [3.8, 4) is 5.88 Å². The van der Waals surface area contributed by atoms with Gasteiger partial charge in [0, 0.05) is 18.9 Å². The molecule has 0 radical (unpaired) electrons. The van der Waals surface area contributed by atoms with E-state index in [4.69, 9.17) is 4.74 Å². The number of nitrogens with zero attached hydrogens (tertiary/aromatic N) is 1. The fourth-order valence-electron chi connectivity index (χ4n) is 1.81. The van der Waals surface area contributed by atoms with Crippen molar-refractivity contribution < 1.29 is 14.3 Å². The molecule has 0 fully saturated rings. The average Bonchev–Trinajstić information content (AvgIpc) is 2.43. The first-order chi connectivity index (χ1) is 9.61. The average molecular weight is 278 g/mol. The van der Waals surface area contributed by atoms with E-state index >= 15 is 0 Å². The van der Waals surface area contributed by atoms with Gasteiger partial charge in [0.25, 0.3) is 0 Å². The lowest BCUT2D eigenvalue weighted by molar-refractivity contribution is -0.117. The molecule has 0 unspecified atom stereocenters. The van der Waals surface area contributed by atoms with Crippen molar-refractivity contribution in [1.29, 1.82) is 0 Å². The number of ether oxygens (including phenoxy) is 1. The third-order valence-corrected chi connectivity index (χ3v) is 2.91. The maximum absolute atomic E-state index is 11.7. The van der Waals surface area contributed by atoms with Gasteiger partial charge in [-0.1, -0.05) is 12.8 Å². The van der Waals surface area contributed by atoms with Gasteiger partial charge in [0.15, 0.2) is 0 Å². The van der Waals surface area contributed by atoms with Gasteiger partial charge in [-0.05, 0) is 25.8 Å². The summed E-state index contributed by atoms with van der Waals surface area (Å²) in [5, 5.41) is 2.79. The number of aromatic nitrogens is 1. The molecule has 1 N–H and O–H groups in total. The molecule has 5 nitrogen and oxygen atoms in total. The fourth-order valence-corrected chi connectivity index (χ4v) is 1.81. The Balaban J connectivity index is 2.15. The number of Topliss-reactive ketones (excluding diaryl/α,β-unsaturated/α-hetero) is 1. The van der Waals surface area contributed by atoms with Gasteiger partial charge in [-0.3, -0.25) is 4.79 Å². The third-order valence-electron chi connectivity index (χ3n) is 2.91. The van der Waals surface area contributed by atoms with E-state index in [-0.39, 0.29) is 11.7 Å². The molecule has 1 heterocycles. The molecule has 0 aliphatic rings. The lowest BCUT2D eigenvalue weighted by atomic mass is 10.1. The van der Waals surface area contributed by atoms with Crippen LogP contribution in [0.5, 0.6) is 5.88 Å². The molecule has 0 atom stereocenters. The van der Waals surface area contributed by atoms with E-state index in [0.717, 1.165) is 25.7 Å². The van der Waals surface area contributed by atoms with Crippen LogP contribution in [-0.4, -0.2) is 23.8 Å². The topological polar surface area (TPSA) is 68.3 Å². The maximum atomic E-state index is 11.7. The number of ketones is 1. The maximum Gasteiger partial charge on any atom is 0.224 e. The van der Waals surface area contributed by atoms with E-state index in [1.807, 2.05) is 0 Å². The zero-order valence-corrected chi connectivity index (χ0v) is 12.1. The second kappa shape index (κ2) is 9.07. The molecule has 0 saturated carbocycles. The van der Waals surface area contributed by atoms with E-state index in [9.17, 15) is 9.59 Å². The lowest BCUT2D eigenvalue weighted by Crippen LogP contribution is -2.11. The molecule has 0 aromatic carbocycles. The minimum Gasteiger partial charge on any atom is -0.481 e. The first-order valence-corrected chi connectivity index (χ1v) is 6.91. The van der Waals surface area contributed by atoms with Gasteiger partial charge in [0.05, 0.1) is 19.0 Å². The SMILES string of the molecule is COc1ccc(NC(=O)CCCCCCC(C)=O)cn1. The van der Waals surface area contributed by atoms with Crippen LogP contribution in [0.1, 0.15) is 45.4 Å². The monoisotopic (exact) mass is 278 g/mol. The van der Waals surface area contributed by atoms with Gasteiger partial charge in [-0.2, -0.15) is 0 Å². The number of carbonyl (C=O) groups is 2. The normalized spacial score (nSPS) is 10.1. The summed E-state index contributed by atoms with van der Waals surface area (Å²) in [6.45, 7) is 1.61. The van der Waals surface area contributed by atoms with Gasteiger partial charge in [-0.15, -0.1) is 0 Å². The number of carbonyl (C=O) groups excluding carboxylic acids is 2. The van der Waals surface area contributed by atoms with E-state index in [0.29, 0.717) is 24.4 Å². The van der Waals surface area contributed by atoms with Crippen molar-refractivity contribution in [3.63, 3.8) is 0 Å². The number of rotatable bonds is 9. The Morgan fingerprint density at radius 3 is 2.40 bits per heavy atom. The van der Waals surface area contributed by atoms with Crippen LogP contribution < -0.4 is 10.1 Å². The number of anilines is 1. The Morgan fingerprint density at radius 1 is 1.15 bits per heavy atom. The molecule has 0 aliphatic carbocycles. The number of pyridine rings is 1. The summed E-state index contributed by atoms with van der Waals surface area (Å²) in [6.07, 6.45) is 6.44. The summed E-state index contributed by atoms with van der Waals surface area (Å²) in [5.74, 6) is 0.742. The molecule has 1 rings (SSSR count). The minimum atomic E-state index is -0.0106. The highest BCUT2D eigenvalue weighted by Crippen LogP contribution is 2.12. The van der Waals surface area contributed by atoms with Crippen LogP contribution in [-0.2, 0) is 9.59 Å². The largest absolute Gasteiger partial charge is 0.481 e. The molecular weight excluding hydrogens is 256 g/mol. The highest BCUT2D eigenvalue weighted by atomic mass is 16.5. The second-order valence-electron chi connectivity index (χ2n) is 4.75. The predicted octanol–water partition coefficient (Wildman–Crippen LogP) is 2.96. The smallest absolute Gasteiger partial charge is 0.224 e. The van der Waals surface area contributed by atoms with E-state index in [1.165, 1.54) is 0 Å². The molecule has 0 saturated heterocycles. The zero-order chi connectivity index (χ0) is 14.8. The second-order valence-corrected chi connectivity index (χ2v) is 4.75. The molecule has 110 valence electrons. The lowest BCUT2D eigenvalue weighted by Gasteiger charge is -2.05.